The van der Waals surface area contributed by atoms with Crippen LogP contribution in [0.4, 0.5) is 11.4 Å². The van der Waals surface area contributed by atoms with Crippen molar-refractivity contribution < 1.29 is 23.9 Å². The minimum absolute atomic E-state index is 0.150. The molecular formula is C35H28N2O5. The lowest BCUT2D eigenvalue weighted by Crippen LogP contribution is -2.41. The summed E-state index contributed by atoms with van der Waals surface area (Å²) in [6.45, 7) is 3.38. The van der Waals surface area contributed by atoms with Crippen LogP contribution in [0.3, 0.4) is 0 Å². The highest BCUT2D eigenvalue weighted by Gasteiger charge is 2.61. The largest absolute Gasteiger partial charge is 0.452 e. The lowest BCUT2D eigenvalue weighted by atomic mass is 9.55. The van der Waals surface area contributed by atoms with E-state index in [9.17, 15) is 19.2 Å². The lowest BCUT2D eigenvalue weighted by Gasteiger charge is -2.45. The standard InChI is InChI=1S/C35H28N2O5/c1-19-14-15-27(20(2)16-19)36-28(38)18-42-35(41)21-8-7-9-22(17-21)37-33(39)31-29-23-10-3-4-11-24(23)30(32(31)34(37)40)26-13-6-5-12-25(26)29/h3-17,29-32H,18H2,1-2H3,(H,36,38)/t29?,30?,31-,32+. The van der Waals surface area contributed by atoms with E-state index >= 15 is 0 Å². The minimum Gasteiger partial charge on any atom is -0.452 e. The molecule has 0 aromatic heterocycles. The first-order valence-electron chi connectivity index (χ1n) is 14.0. The predicted molar refractivity (Wildman–Crippen MR) is 157 cm³/mol. The van der Waals surface area contributed by atoms with Gasteiger partial charge in [-0.2, -0.15) is 0 Å². The number of carbonyl (C=O) groups excluding carboxylic acids is 4. The summed E-state index contributed by atoms with van der Waals surface area (Å²) in [6.07, 6.45) is 0. The number of ether oxygens (including phenoxy) is 1. The van der Waals surface area contributed by atoms with Gasteiger partial charge in [0.25, 0.3) is 5.91 Å². The molecule has 4 aromatic rings. The molecule has 4 aromatic carbocycles. The molecule has 0 saturated carbocycles. The van der Waals surface area contributed by atoms with E-state index in [1.165, 1.54) is 11.0 Å². The summed E-state index contributed by atoms with van der Waals surface area (Å²) in [7, 11) is 0. The SMILES string of the molecule is Cc1ccc(NC(=O)COC(=O)c2cccc(N3C(=O)[C@@H]4C5c6ccccc6C(c6ccccc65)[C@@H]4C3=O)c2)c(C)c1. The van der Waals surface area contributed by atoms with Gasteiger partial charge in [-0.25, -0.2) is 9.69 Å². The highest BCUT2D eigenvalue weighted by Crippen LogP contribution is 2.61. The second-order valence-corrected chi connectivity index (χ2v) is 11.3. The maximum absolute atomic E-state index is 14.0. The maximum atomic E-state index is 14.0. The van der Waals surface area contributed by atoms with Gasteiger partial charge >= 0.3 is 5.97 Å². The summed E-state index contributed by atoms with van der Waals surface area (Å²) in [4.78, 5) is 54.6. The second kappa shape index (κ2) is 9.80. The molecule has 7 nitrogen and oxygen atoms in total. The van der Waals surface area contributed by atoms with Gasteiger partial charge in [-0.1, -0.05) is 72.3 Å². The molecule has 0 unspecified atom stereocenters. The summed E-state index contributed by atoms with van der Waals surface area (Å²) in [5, 5.41) is 2.76. The van der Waals surface area contributed by atoms with Crippen molar-refractivity contribution in [2.45, 2.75) is 25.7 Å². The molecule has 208 valence electrons. The molecule has 42 heavy (non-hydrogen) atoms. The fourth-order valence-corrected chi connectivity index (χ4v) is 7.06. The molecular weight excluding hydrogens is 528 g/mol. The van der Waals surface area contributed by atoms with Gasteiger partial charge in [-0.15, -0.1) is 0 Å². The first kappa shape index (κ1) is 25.9. The number of benzene rings is 4. The fraction of sp³-hybridized carbons (Fsp3) is 0.200. The Morgan fingerprint density at radius 2 is 1.31 bits per heavy atom. The molecule has 7 heteroatoms. The number of imide groups is 1. The number of hydrogen-bond donors (Lipinski definition) is 1. The van der Waals surface area contributed by atoms with Gasteiger partial charge in [0.05, 0.1) is 23.1 Å². The van der Waals surface area contributed by atoms with E-state index in [1.54, 1.807) is 24.3 Å². The van der Waals surface area contributed by atoms with Crippen molar-refractivity contribution in [1.82, 2.24) is 0 Å². The number of anilines is 2. The van der Waals surface area contributed by atoms with Crippen molar-refractivity contribution in [3.05, 3.63) is 130 Å². The minimum atomic E-state index is -0.719. The number of rotatable bonds is 5. The van der Waals surface area contributed by atoms with Crippen molar-refractivity contribution in [3.8, 4) is 0 Å². The normalized spacial score (nSPS) is 21.4. The summed E-state index contributed by atoms with van der Waals surface area (Å²) in [5.41, 5.74) is 7.50. The Morgan fingerprint density at radius 1 is 0.738 bits per heavy atom. The number of aryl methyl sites for hydroxylation is 2. The molecule has 2 atom stereocenters. The van der Waals surface area contributed by atoms with Crippen LogP contribution >= 0.6 is 0 Å². The molecule has 8 rings (SSSR count). The van der Waals surface area contributed by atoms with E-state index in [0.29, 0.717) is 11.4 Å². The molecule has 1 N–H and O–H groups in total. The zero-order chi connectivity index (χ0) is 29.1. The summed E-state index contributed by atoms with van der Waals surface area (Å²) < 4.78 is 5.28. The molecule has 2 bridgehead atoms. The van der Waals surface area contributed by atoms with Gasteiger partial charge in [0.2, 0.25) is 11.8 Å². The van der Waals surface area contributed by atoms with Crippen LogP contribution in [0.5, 0.6) is 0 Å². The first-order chi connectivity index (χ1) is 20.3. The third kappa shape index (κ3) is 3.96. The zero-order valence-corrected chi connectivity index (χ0v) is 23.2. The van der Waals surface area contributed by atoms with Crippen LogP contribution in [0.15, 0.2) is 91.0 Å². The van der Waals surface area contributed by atoms with Gasteiger partial charge in [-0.05, 0) is 65.9 Å². The van der Waals surface area contributed by atoms with Gasteiger partial charge < -0.3 is 10.1 Å². The smallest absolute Gasteiger partial charge is 0.338 e. The van der Waals surface area contributed by atoms with E-state index in [2.05, 4.69) is 29.6 Å². The van der Waals surface area contributed by atoms with Crippen molar-refractivity contribution in [3.63, 3.8) is 0 Å². The van der Waals surface area contributed by atoms with Crippen LogP contribution in [-0.2, 0) is 19.1 Å². The van der Waals surface area contributed by atoms with Gasteiger partial charge in [0.1, 0.15) is 0 Å². The third-order valence-electron chi connectivity index (χ3n) is 8.78. The van der Waals surface area contributed by atoms with E-state index < -0.39 is 30.3 Å². The Balaban J connectivity index is 1.13. The number of carbonyl (C=O) groups is 4. The average molecular weight is 557 g/mol. The van der Waals surface area contributed by atoms with Crippen molar-refractivity contribution >= 4 is 35.1 Å². The van der Waals surface area contributed by atoms with E-state index in [4.69, 9.17) is 4.74 Å². The molecule has 1 heterocycles. The third-order valence-corrected chi connectivity index (χ3v) is 8.78. The highest BCUT2D eigenvalue weighted by atomic mass is 16.5. The van der Waals surface area contributed by atoms with Crippen molar-refractivity contribution in [1.29, 1.82) is 0 Å². The van der Waals surface area contributed by atoms with Crippen LogP contribution in [0, 0.1) is 25.7 Å². The zero-order valence-electron chi connectivity index (χ0n) is 23.2. The Bertz CT molecular complexity index is 1700. The topological polar surface area (TPSA) is 92.8 Å². The van der Waals surface area contributed by atoms with E-state index in [-0.39, 0.29) is 29.2 Å². The predicted octanol–water partition coefficient (Wildman–Crippen LogP) is 5.50. The Hall–Kier alpha value is -5.04. The Kier molecular flexibility index (Phi) is 6.04. The molecule has 0 spiro atoms. The molecule has 1 fully saturated rings. The number of hydrogen-bond acceptors (Lipinski definition) is 5. The fourth-order valence-electron chi connectivity index (χ4n) is 7.06. The average Bonchev–Trinajstić information content (AvgIpc) is 3.27. The second-order valence-electron chi connectivity index (χ2n) is 11.3. The molecule has 4 aliphatic rings. The van der Waals surface area contributed by atoms with Gasteiger partial charge in [-0.3, -0.25) is 14.4 Å². The van der Waals surface area contributed by atoms with Crippen LogP contribution in [-0.4, -0.2) is 30.3 Å². The Morgan fingerprint density at radius 3 is 1.86 bits per heavy atom. The first-order valence-corrected chi connectivity index (χ1v) is 14.0. The van der Waals surface area contributed by atoms with E-state index in [1.807, 2.05) is 50.2 Å². The Labute approximate surface area is 243 Å². The summed E-state index contributed by atoms with van der Waals surface area (Å²) in [6, 6.07) is 28.1. The number of nitrogens with one attached hydrogen (secondary N) is 1. The number of amides is 3. The van der Waals surface area contributed by atoms with Crippen molar-refractivity contribution in [2.24, 2.45) is 11.8 Å². The number of nitrogens with zero attached hydrogens (tertiary/aromatic N) is 1. The highest BCUT2D eigenvalue weighted by molar-refractivity contribution is 6.23. The molecule has 1 aliphatic heterocycles. The number of esters is 1. The lowest BCUT2D eigenvalue weighted by molar-refractivity contribution is -0.122. The van der Waals surface area contributed by atoms with Crippen LogP contribution in [0.1, 0.15) is 55.6 Å². The van der Waals surface area contributed by atoms with Gasteiger partial charge in [0, 0.05) is 17.5 Å². The maximum Gasteiger partial charge on any atom is 0.338 e. The summed E-state index contributed by atoms with van der Waals surface area (Å²) >= 11 is 0. The molecule has 3 amide bonds. The molecule has 1 saturated heterocycles. The van der Waals surface area contributed by atoms with E-state index in [0.717, 1.165) is 33.4 Å². The quantitative estimate of drug-likeness (QED) is 0.259. The van der Waals surface area contributed by atoms with Crippen molar-refractivity contribution in [2.75, 3.05) is 16.8 Å². The monoisotopic (exact) mass is 556 g/mol. The summed E-state index contributed by atoms with van der Waals surface area (Å²) in [5.74, 6) is -3.16. The van der Waals surface area contributed by atoms with Gasteiger partial charge in [0.15, 0.2) is 6.61 Å². The van der Waals surface area contributed by atoms with Crippen LogP contribution in [0.2, 0.25) is 0 Å². The van der Waals surface area contributed by atoms with Crippen LogP contribution in [0.25, 0.3) is 0 Å². The molecule has 3 aliphatic carbocycles. The molecule has 0 radical (unpaired) electrons. The van der Waals surface area contributed by atoms with Crippen LogP contribution < -0.4 is 10.2 Å².